The molecule has 0 saturated carbocycles. The van der Waals surface area contributed by atoms with Gasteiger partial charge in [0, 0.05) is 12.0 Å². The lowest BCUT2D eigenvalue weighted by molar-refractivity contribution is 0.470. The standard InChI is InChI=1S/C22H27Cl2NO2S/c1-3-4-11-28(26,27)14-15-5-7-18-17(8-10-22(25-2)19(18)12-15)16-6-9-20(23)21(24)13-16/h5-7,9,12-13,17,22,25H,3-4,8,10-11,14H2,1-2H3/t17-,22-/m0/s1. The fourth-order valence-corrected chi connectivity index (χ4v) is 5.91. The monoisotopic (exact) mass is 439 g/mol. The van der Waals surface area contributed by atoms with Gasteiger partial charge in [0.25, 0.3) is 0 Å². The van der Waals surface area contributed by atoms with Crippen molar-refractivity contribution >= 4 is 33.0 Å². The number of hydrogen-bond acceptors (Lipinski definition) is 3. The summed E-state index contributed by atoms with van der Waals surface area (Å²) in [5.41, 5.74) is 4.44. The SMILES string of the molecule is CCCCS(=O)(=O)Cc1ccc2c(c1)[C@@H](NC)CC[C@H]2c1ccc(Cl)c(Cl)c1. The minimum Gasteiger partial charge on any atom is -0.313 e. The van der Waals surface area contributed by atoms with Crippen molar-refractivity contribution in [1.29, 1.82) is 0 Å². The molecule has 2 aromatic rings. The highest BCUT2D eigenvalue weighted by atomic mass is 35.5. The van der Waals surface area contributed by atoms with Gasteiger partial charge in [-0.2, -0.15) is 0 Å². The first-order chi connectivity index (χ1) is 13.3. The van der Waals surface area contributed by atoms with E-state index in [9.17, 15) is 8.42 Å². The van der Waals surface area contributed by atoms with Gasteiger partial charge in [0.15, 0.2) is 9.84 Å². The van der Waals surface area contributed by atoms with Crippen LogP contribution in [0.3, 0.4) is 0 Å². The molecule has 28 heavy (non-hydrogen) atoms. The molecule has 6 heteroatoms. The number of sulfone groups is 1. The maximum atomic E-state index is 12.4. The quantitative estimate of drug-likeness (QED) is 0.584. The van der Waals surface area contributed by atoms with Gasteiger partial charge in [0.1, 0.15) is 0 Å². The van der Waals surface area contributed by atoms with E-state index in [1.54, 1.807) is 0 Å². The van der Waals surface area contributed by atoms with Gasteiger partial charge in [-0.15, -0.1) is 0 Å². The first-order valence-electron chi connectivity index (χ1n) is 9.80. The molecular weight excluding hydrogens is 413 g/mol. The Kier molecular flexibility index (Phi) is 7.08. The third-order valence-electron chi connectivity index (χ3n) is 5.54. The lowest BCUT2D eigenvalue weighted by atomic mass is 9.76. The molecule has 0 spiro atoms. The Morgan fingerprint density at radius 3 is 2.50 bits per heavy atom. The topological polar surface area (TPSA) is 46.2 Å². The van der Waals surface area contributed by atoms with Crippen molar-refractivity contribution in [3.8, 4) is 0 Å². The number of unbranched alkanes of at least 4 members (excludes halogenated alkanes) is 1. The zero-order valence-electron chi connectivity index (χ0n) is 16.3. The molecule has 0 unspecified atom stereocenters. The molecule has 0 aromatic heterocycles. The Hall–Kier alpha value is -1.07. The molecule has 0 aliphatic heterocycles. The molecule has 1 aliphatic carbocycles. The highest BCUT2D eigenvalue weighted by Gasteiger charge is 2.28. The number of rotatable bonds is 7. The third-order valence-corrected chi connectivity index (χ3v) is 7.96. The molecule has 1 N–H and O–H groups in total. The minimum atomic E-state index is -3.08. The van der Waals surface area contributed by atoms with Crippen molar-refractivity contribution in [2.75, 3.05) is 12.8 Å². The molecule has 0 fully saturated rings. The minimum absolute atomic E-state index is 0.105. The van der Waals surface area contributed by atoms with E-state index in [2.05, 4.69) is 17.4 Å². The normalized spacial score (nSPS) is 19.4. The second-order valence-electron chi connectivity index (χ2n) is 7.55. The van der Waals surface area contributed by atoms with Crippen LogP contribution >= 0.6 is 23.2 Å². The van der Waals surface area contributed by atoms with Gasteiger partial charge in [-0.1, -0.05) is 60.8 Å². The zero-order chi connectivity index (χ0) is 20.3. The molecule has 2 aromatic carbocycles. The van der Waals surface area contributed by atoms with Crippen LogP contribution in [0.2, 0.25) is 10.0 Å². The molecule has 3 nitrogen and oxygen atoms in total. The summed E-state index contributed by atoms with van der Waals surface area (Å²) in [4.78, 5) is 0. The van der Waals surface area contributed by atoms with Gasteiger partial charge in [-0.05, 0) is 60.7 Å². The first kappa shape index (κ1) is 21.6. The number of nitrogens with one attached hydrogen (secondary N) is 1. The summed E-state index contributed by atoms with van der Waals surface area (Å²) in [6.07, 6.45) is 3.59. The molecule has 2 atom stereocenters. The van der Waals surface area contributed by atoms with E-state index in [1.165, 1.54) is 11.1 Å². The molecule has 0 bridgehead atoms. The van der Waals surface area contributed by atoms with Crippen molar-refractivity contribution in [1.82, 2.24) is 5.32 Å². The van der Waals surface area contributed by atoms with E-state index in [4.69, 9.17) is 23.2 Å². The summed E-state index contributed by atoms with van der Waals surface area (Å²) >= 11 is 12.3. The Morgan fingerprint density at radius 2 is 1.82 bits per heavy atom. The van der Waals surface area contributed by atoms with Crippen molar-refractivity contribution in [2.24, 2.45) is 0 Å². The molecule has 0 amide bonds. The maximum Gasteiger partial charge on any atom is 0.154 e. The smallest absolute Gasteiger partial charge is 0.154 e. The summed E-state index contributed by atoms with van der Waals surface area (Å²) in [5, 5.41) is 4.50. The van der Waals surface area contributed by atoms with Gasteiger partial charge < -0.3 is 5.32 Å². The van der Waals surface area contributed by atoms with E-state index in [1.807, 2.05) is 38.2 Å². The van der Waals surface area contributed by atoms with E-state index in [0.717, 1.165) is 30.4 Å². The molecule has 152 valence electrons. The molecule has 0 radical (unpaired) electrons. The van der Waals surface area contributed by atoms with Crippen LogP contribution in [-0.2, 0) is 15.6 Å². The Morgan fingerprint density at radius 1 is 1.04 bits per heavy atom. The van der Waals surface area contributed by atoms with Crippen LogP contribution in [0.15, 0.2) is 36.4 Å². The summed E-state index contributed by atoms with van der Waals surface area (Å²) in [7, 11) is -1.12. The van der Waals surface area contributed by atoms with Gasteiger partial charge in [0.05, 0.1) is 21.6 Å². The Balaban J connectivity index is 1.95. The Labute approximate surface area is 178 Å². The number of fused-ring (bicyclic) bond motifs is 1. The first-order valence-corrected chi connectivity index (χ1v) is 12.4. The molecular formula is C22H27Cl2NO2S. The lowest BCUT2D eigenvalue weighted by Gasteiger charge is -2.32. The van der Waals surface area contributed by atoms with E-state index >= 15 is 0 Å². The number of benzene rings is 2. The highest BCUT2D eigenvalue weighted by molar-refractivity contribution is 7.90. The van der Waals surface area contributed by atoms with Crippen LogP contribution in [0.25, 0.3) is 0 Å². The largest absolute Gasteiger partial charge is 0.313 e. The molecule has 0 heterocycles. The van der Waals surface area contributed by atoms with Crippen molar-refractivity contribution in [3.63, 3.8) is 0 Å². The van der Waals surface area contributed by atoms with E-state index in [0.29, 0.717) is 16.5 Å². The second-order valence-corrected chi connectivity index (χ2v) is 10.6. The van der Waals surface area contributed by atoms with Crippen LogP contribution in [0.4, 0.5) is 0 Å². The predicted molar refractivity (Wildman–Crippen MR) is 118 cm³/mol. The predicted octanol–water partition coefficient (Wildman–Crippen LogP) is 5.89. The summed E-state index contributed by atoms with van der Waals surface area (Å²) in [5.74, 6) is 0.593. The van der Waals surface area contributed by atoms with Crippen molar-refractivity contribution in [3.05, 3.63) is 68.7 Å². The fraction of sp³-hybridized carbons (Fsp3) is 0.455. The Bertz CT molecular complexity index is 944. The average Bonchev–Trinajstić information content (AvgIpc) is 2.67. The molecule has 3 rings (SSSR count). The number of hydrogen-bond donors (Lipinski definition) is 1. The summed E-state index contributed by atoms with van der Waals surface area (Å²) in [6, 6.07) is 12.2. The van der Waals surface area contributed by atoms with Gasteiger partial charge in [-0.3, -0.25) is 0 Å². The molecule has 0 saturated heterocycles. The second kappa shape index (κ2) is 9.17. The van der Waals surface area contributed by atoms with Crippen LogP contribution in [0.1, 0.15) is 66.8 Å². The van der Waals surface area contributed by atoms with Crippen LogP contribution in [0, 0.1) is 0 Å². The van der Waals surface area contributed by atoms with Crippen LogP contribution < -0.4 is 5.32 Å². The number of halogens is 2. The van der Waals surface area contributed by atoms with E-state index < -0.39 is 9.84 Å². The third kappa shape index (κ3) is 4.91. The van der Waals surface area contributed by atoms with Crippen LogP contribution in [-0.4, -0.2) is 21.2 Å². The van der Waals surface area contributed by atoms with Crippen molar-refractivity contribution < 1.29 is 8.42 Å². The molecule has 1 aliphatic rings. The fourth-order valence-electron chi connectivity index (χ4n) is 4.04. The maximum absolute atomic E-state index is 12.4. The summed E-state index contributed by atoms with van der Waals surface area (Å²) in [6.45, 7) is 2.01. The summed E-state index contributed by atoms with van der Waals surface area (Å²) < 4.78 is 24.8. The lowest BCUT2D eigenvalue weighted by Crippen LogP contribution is -2.24. The zero-order valence-corrected chi connectivity index (χ0v) is 18.7. The highest BCUT2D eigenvalue weighted by Crippen LogP contribution is 2.42. The van der Waals surface area contributed by atoms with Gasteiger partial charge >= 0.3 is 0 Å². The average molecular weight is 440 g/mol. The van der Waals surface area contributed by atoms with Gasteiger partial charge in [-0.25, -0.2) is 8.42 Å². The van der Waals surface area contributed by atoms with E-state index in [-0.39, 0.29) is 23.5 Å². The van der Waals surface area contributed by atoms with Crippen molar-refractivity contribution in [2.45, 2.75) is 50.3 Å². The van der Waals surface area contributed by atoms with Gasteiger partial charge in [0.2, 0.25) is 0 Å². The van der Waals surface area contributed by atoms with Crippen LogP contribution in [0.5, 0.6) is 0 Å².